The van der Waals surface area contributed by atoms with Crippen molar-refractivity contribution < 1.29 is 43.7 Å². The molecule has 2 aromatic heterocycles. The molecule has 3 heterocycles. The van der Waals surface area contributed by atoms with Crippen LogP contribution in [0.25, 0.3) is 17.2 Å². The summed E-state index contributed by atoms with van der Waals surface area (Å²) in [4.78, 5) is 39.3. The van der Waals surface area contributed by atoms with E-state index in [0.717, 1.165) is 11.6 Å². The summed E-state index contributed by atoms with van der Waals surface area (Å²) in [6.45, 7) is -0.594. The lowest BCUT2D eigenvalue weighted by Crippen LogP contribution is -2.33. The second kappa shape index (κ2) is 10.8. The molecule has 1 aliphatic heterocycles. The number of ether oxygens (including phenoxy) is 1. The minimum Gasteiger partial charge on any atom is -0.478 e. The zero-order valence-electron chi connectivity index (χ0n) is 17.4. The van der Waals surface area contributed by atoms with Crippen molar-refractivity contribution in [2.75, 3.05) is 12.3 Å². The van der Waals surface area contributed by atoms with E-state index in [9.17, 15) is 19.6 Å². The zero-order valence-corrected chi connectivity index (χ0v) is 18.3. The highest BCUT2D eigenvalue weighted by Gasteiger charge is 2.45. The molecule has 0 aliphatic carbocycles. The smallest absolute Gasteiger partial charge is 0.469 e. The number of benzene rings is 1. The SMILES string of the molecule is Nc1ncnc2c1ncn2[C@@H]1O[C@H](COP(=O)(O)O)[C@@H](O)[C@H]1O.O=C(O)/C=C/c1ccccc1. The number of hydrogen-bond acceptors (Lipinski definition) is 10. The number of aliphatic hydroxyl groups is 2. The van der Waals surface area contributed by atoms with Crippen LogP contribution < -0.4 is 5.73 Å². The Morgan fingerprint density at radius 2 is 1.88 bits per heavy atom. The molecule has 4 atom stereocenters. The minimum absolute atomic E-state index is 0.142. The molecule has 0 spiro atoms. The first-order valence-electron chi connectivity index (χ1n) is 9.67. The molecule has 0 bridgehead atoms. The van der Waals surface area contributed by atoms with E-state index in [0.29, 0.717) is 5.52 Å². The van der Waals surface area contributed by atoms with E-state index in [1.165, 1.54) is 17.2 Å². The van der Waals surface area contributed by atoms with E-state index in [-0.39, 0.29) is 11.5 Å². The molecule has 3 aromatic rings. The number of carboxylic acid groups (broad SMARTS) is 1. The maximum atomic E-state index is 10.7. The summed E-state index contributed by atoms with van der Waals surface area (Å²) in [5.41, 5.74) is 7.15. The van der Waals surface area contributed by atoms with Crippen LogP contribution in [0.4, 0.5) is 5.82 Å². The summed E-state index contributed by atoms with van der Waals surface area (Å²) in [5, 5.41) is 28.3. The Hall–Kier alpha value is -3.23. The van der Waals surface area contributed by atoms with E-state index < -0.39 is 44.9 Å². The fourth-order valence-electron chi connectivity index (χ4n) is 3.06. The minimum atomic E-state index is -4.72. The van der Waals surface area contributed by atoms with Crippen LogP contribution in [0.5, 0.6) is 0 Å². The van der Waals surface area contributed by atoms with Crippen LogP contribution in [-0.4, -0.2) is 75.5 Å². The Morgan fingerprint density at radius 3 is 2.53 bits per heavy atom. The van der Waals surface area contributed by atoms with Crippen LogP contribution in [0.3, 0.4) is 0 Å². The number of nitrogens with two attached hydrogens (primary N) is 1. The van der Waals surface area contributed by atoms with E-state index in [1.54, 1.807) is 6.08 Å². The average Bonchev–Trinajstić information content (AvgIpc) is 3.34. The lowest BCUT2D eigenvalue weighted by Gasteiger charge is -2.16. The Morgan fingerprint density at radius 1 is 1.18 bits per heavy atom. The first-order chi connectivity index (χ1) is 16.1. The van der Waals surface area contributed by atoms with Gasteiger partial charge in [-0.05, 0) is 11.6 Å². The van der Waals surface area contributed by atoms with Crippen molar-refractivity contribution in [2.45, 2.75) is 24.5 Å². The van der Waals surface area contributed by atoms with Crippen molar-refractivity contribution in [1.29, 1.82) is 0 Å². The Bertz CT molecular complexity index is 1200. The number of carbonyl (C=O) groups is 1. The topological polar surface area (TPSA) is 223 Å². The number of aromatic nitrogens is 4. The van der Waals surface area contributed by atoms with Gasteiger partial charge in [0.15, 0.2) is 17.7 Å². The van der Waals surface area contributed by atoms with Gasteiger partial charge < -0.3 is 35.6 Å². The van der Waals surface area contributed by atoms with Crippen LogP contribution in [0.1, 0.15) is 11.8 Å². The number of phosphoric ester groups is 1. The fourth-order valence-corrected chi connectivity index (χ4v) is 3.40. The largest absolute Gasteiger partial charge is 0.478 e. The number of aliphatic hydroxyl groups excluding tert-OH is 2. The van der Waals surface area contributed by atoms with Crippen molar-refractivity contribution in [3.63, 3.8) is 0 Å². The third-order valence-electron chi connectivity index (χ3n) is 4.62. The van der Waals surface area contributed by atoms with Gasteiger partial charge in [-0.15, -0.1) is 0 Å². The molecule has 182 valence electrons. The molecular weight excluding hydrogens is 473 g/mol. The average molecular weight is 495 g/mol. The lowest BCUT2D eigenvalue weighted by molar-refractivity contribution is -0.131. The van der Waals surface area contributed by atoms with E-state index in [2.05, 4.69) is 19.5 Å². The molecule has 1 aliphatic rings. The molecule has 1 aromatic carbocycles. The molecule has 7 N–H and O–H groups in total. The Labute approximate surface area is 192 Å². The molecule has 34 heavy (non-hydrogen) atoms. The van der Waals surface area contributed by atoms with Crippen molar-refractivity contribution >= 4 is 36.8 Å². The van der Waals surface area contributed by atoms with Gasteiger partial charge in [-0.1, -0.05) is 30.3 Å². The van der Waals surface area contributed by atoms with Gasteiger partial charge in [0, 0.05) is 6.08 Å². The van der Waals surface area contributed by atoms with Crippen molar-refractivity contribution in [2.24, 2.45) is 0 Å². The van der Waals surface area contributed by atoms with Crippen molar-refractivity contribution in [3.05, 3.63) is 54.6 Å². The van der Waals surface area contributed by atoms with Crippen LogP contribution in [0.15, 0.2) is 49.1 Å². The van der Waals surface area contributed by atoms with Gasteiger partial charge in [-0.25, -0.2) is 24.3 Å². The molecule has 1 fully saturated rings. The highest BCUT2D eigenvalue weighted by atomic mass is 31.2. The van der Waals surface area contributed by atoms with Gasteiger partial charge in [0.25, 0.3) is 0 Å². The summed E-state index contributed by atoms with van der Waals surface area (Å²) in [5.74, 6) is -0.781. The number of carboxylic acids is 1. The summed E-state index contributed by atoms with van der Waals surface area (Å²) >= 11 is 0. The summed E-state index contributed by atoms with van der Waals surface area (Å²) < 4.78 is 21.8. The standard InChI is InChI=1S/C10H14N5O7P.C9H8O2/c11-8-5-9(13-2-12-8)15(3-14-5)10-7(17)6(16)4(22-10)1-21-23(18,19)20;10-9(11)7-6-8-4-2-1-3-5-8/h2-4,6-7,10,16-17H,1H2,(H2,11,12,13)(H2,18,19,20);1-7H,(H,10,11)/b;7-6+/t4-,6-,7-,10-;/m1./s1. The van der Waals surface area contributed by atoms with Gasteiger partial charge in [0.1, 0.15) is 30.2 Å². The third-order valence-corrected chi connectivity index (χ3v) is 5.11. The number of anilines is 1. The number of aliphatic carboxylic acids is 1. The van der Waals surface area contributed by atoms with Crippen LogP contribution in [0.2, 0.25) is 0 Å². The van der Waals surface area contributed by atoms with Gasteiger partial charge in [-0.2, -0.15) is 0 Å². The summed E-state index contributed by atoms with van der Waals surface area (Å²) in [7, 11) is -4.72. The number of nitrogens with zero attached hydrogens (tertiary/aromatic N) is 4. The molecule has 0 unspecified atom stereocenters. The molecule has 0 amide bonds. The second-order valence-electron chi connectivity index (χ2n) is 7.00. The number of fused-ring (bicyclic) bond motifs is 1. The van der Waals surface area contributed by atoms with E-state index in [4.69, 9.17) is 25.4 Å². The molecular formula is C19H22N5O9P. The van der Waals surface area contributed by atoms with Gasteiger partial charge >= 0.3 is 13.8 Å². The predicted molar refractivity (Wildman–Crippen MR) is 117 cm³/mol. The first-order valence-corrected chi connectivity index (χ1v) is 11.2. The maximum absolute atomic E-state index is 10.7. The van der Waals surface area contributed by atoms with Crippen LogP contribution in [-0.2, 0) is 18.6 Å². The fraction of sp³-hybridized carbons (Fsp3) is 0.263. The lowest BCUT2D eigenvalue weighted by atomic mass is 10.1. The van der Waals surface area contributed by atoms with Gasteiger partial charge in [0.2, 0.25) is 0 Å². The van der Waals surface area contributed by atoms with Gasteiger partial charge in [-0.3, -0.25) is 9.09 Å². The predicted octanol–water partition coefficient (Wildman–Crippen LogP) is -0.0786. The Kier molecular flexibility index (Phi) is 8.06. The Balaban J connectivity index is 0.000000248. The first kappa shape index (κ1) is 25.4. The van der Waals surface area contributed by atoms with Gasteiger partial charge in [0.05, 0.1) is 12.9 Å². The molecule has 14 nitrogen and oxygen atoms in total. The molecule has 4 rings (SSSR count). The summed E-state index contributed by atoms with van der Waals surface area (Å²) in [6, 6.07) is 9.31. The third kappa shape index (κ3) is 6.42. The molecule has 0 saturated carbocycles. The number of imidazole rings is 1. The normalized spacial score (nSPS) is 22.6. The van der Waals surface area contributed by atoms with E-state index in [1.807, 2.05) is 30.3 Å². The number of nitrogen functional groups attached to an aromatic ring is 1. The number of phosphoric acid groups is 1. The zero-order chi connectivity index (χ0) is 24.9. The van der Waals surface area contributed by atoms with Crippen LogP contribution in [0, 0.1) is 0 Å². The number of hydrogen-bond donors (Lipinski definition) is 6. The monoisotopic (exact) mass is 495 g/mol. The molecule has 1 saturated heterocycles. The molecule has 15 heteroatoms. The molecule has 0 radical (unpaired) electrons. The van der Waals surface area contributed by atoms with E-state index >= 15 is 0 Å². The highest BCUT2D eigenvalue weighted by molar-refractivity contribution is 7.46. The second-order valence-corrected chi connectivity index (χ2v) is 8.24. The van der Waals surface area contributed by atoms with Crippen molar-refractivity contribution in [1.82, 2.24) is 19.5 Å². The highest BCUT2D eigenvalue weighted by Crippen LogP contribution is 2.38. The van der Waals surface area contributed by atoms with Crippen LogP contribution >= 0.6 is 7.82 Å². The number of rotatable bonds is 6. The summed E-state index contributed by atoms with van der Waals surface area (Å²) in [6.07, 6.45) is 0.188. The quantitative estimate of drug-likeness (QED) is 0.195. The van der Waals surface area contributed by atoms with Crippen molar-refractivity contribution in [3.8, 4) is 0 Å². The maximum Gasteiger partial charge on any atom is 0.469 e.